The quantitative estimate of drug-likeness (QED) is 0.849. The molecule has 0 spiro atoms. The Morgan fingerprint density at radius 1 is 1.30 bits per heavy atom. The van der Waals surface area contributed by atoms with Crippen LogP contribution in [0.15, 0.2) is 36.8 Å². The van der Waals surface area contributed by atoms with Crippen molar-refractivity contribution in [1.29, 1.82) is 0 Å². The summed E-state index contributed by atoms with van der Waals surface area (Å²) in [6, 6.07) is 6.82. The van der Waals surface area contributed by atoms with Gasteiger partial charge in [0.2, 0.25) is 0 Å². The van der Waals surface area contributed by atoms with Crippen molar-refractivity contribution in [3.05, 3.63) is 53.9 Å². The van der Waals surface area contributed by atoms with E-state index < -0.39 is 0 Å². The summed E-state index contributed by atoms with van der Waals surface area (Å²) >= 11 is 0. The maximum absolute atomic E-state index is 13.0. The SMILES string of the molecule is CO[C@@H]1CN(Cc2cn(C)cn2)CC[C@@H]1Cc1ccc(F)cc1. The van der Waals surface area contributed by atoms with Crippen LogP contribution in [0.2, 0.25) is 0 Å². The van der Waals surface area contributed by atoms with Gasteiger partial charge >= 0.3 is 0 Å². The Morgan fingerprint density at radius 3 is 2.74 bits per heavy atom. The first-order valence-corrected chi connectivity index (χ1v) is 8.10. The summed E-state index contributed by atoms with van der Waals surface area (Å²) in [7, 11) is 3.77. The standard InChI is InChI=1S/C18H24FN3O/c1-21-10-17(20-13-21)11-22-8-7-15(18(12-22)23-2)9-14-3-5-16(19)6-4-14/h3-6,10,13,15,18H,7-9,11-12H2,1-2H3/t15-,18-/m1/s1. The molecule has 124 valence electrons. The second kappa shape index (κ2) is 7.23. The Labute approximate surface area is 136 Å². The Balaban J connectivity index is 1.58. The minimum Gasteiger partial charge on any atom is -0.380 e. The van der Waals surface area contributed by atoms with Gasteiger partial charge in [-0.05, 0) is 43.0 Å². The zero-order chi connectivity index (χ0) is 16.2. The summed E-state index contributed by atoms with van der Waals surface area (Å²) in [4.78, 5) is 6.80. The van der Waals surface area contributed by atoms with Gasteiger partial charge in [-0.25, -0.2) is 9.37 Å². The first kappa shape index (κ1) is 16.1. The fourth-order valence-electron chi connectivity index (χ4n) is 3.37. The maximum atomic E-state index is 13.0. The molecule has 0 bridgehead atoms. The molecule has 0 saturated carbocycles. The van der Waals surface area contributed by atoms with E-state index in [4.69, 9.17) is 4.74 Å². The summed E-state index contributed by atoms with van der Waals surface area (Å²) in [5.41, 5.74) is 2.27. The van der Waals surface area contributed by atoms with Crippen molar-refractivity contribution in [3.63, 3.8) is 0 Å². The van der Waals surface area contributed by atoms with Gasteiger partial charge in [0.25, 0.3) is 0 Å². The molecule has 1 saturated heterocycles. The molecule has 1 aromatic heterocycles. The van der Waals surface area contributed by atoms with E-state index >= 15 is 0 Å². The molecule has 0 N–H and O–H groups in total. The van der Waals surface area contributed by atoms with Crippen molar-refractivity contribution in [3.8, 4) is 0 Å². The molecule has 0 radical (unpaired) electrons. The van der Waals surface area contributed by atoms with Crippen molar-refractivity contribution in [2.24, 2.45) is 13.0 Å². The van der Waals surface area contributed by atoms with Crippen LogP contribution in [-0.2, 0) is 24.8 Å². The molecular weight excluding hydrogens is 293 g/mol. The number of aryl methyl sites for hydroxylation is 1. The van der Waals surface area contributed by atoms with Gasteiger partial charge in [0, 0.05) is 33.4 Å². The lowest BCUT2D eigenvalue weighted by molar-refractivity contribution is -0.0139. The Bertz CT molecular complexity index is 625. The van der Waals surface area contributed by atoms with Gasteiger partial charge in [-0.1, -0.05) is 12.1 Å². The zero-order valence-corrected chi connectivity index (χ0v) is 13.8. The number of nitrogens with zero attached hydrogens (tertiary/aromatic N) is 3. The topological polar surface area (TPSA) is 30.3 Å². The number of imidazole rings is 1. The number of hydrogen-bond donors (Lipinski definition) is 0. The van der Waals surface area contributed by atoms with Crippen molar-refractivity contribution in [2.75, 3.05) is 20.2 Å². The predicted octanol–water partition coefficient (Wildman–Crippen LogP) is 2.64. The van der Waals surface area contributed by atoms with Crippen molar-refractivity contribution < 1.29 is 9.13 Å². The van der Waals surface area contributed by atoms with Gasteiger partial charge < -0.3 is 9.30 Å². The van der Waals surface area contributed by atoms with Gasteiger partial charge in [0.05, 0.1) is 18.1 Å². The van der Waals surface area contributed by atoms with E-state index in [9.17, 15) is 4.39 Å². The second-order valence-corrected chi connectivity index (χ2v) is 6.42. The molecule has 3 rings (SSSR count). The van der Waals surface area contributed by atoms with Crippen molar-refractivity contribution >= 4 is 0 Å². The van der Waals surface area contributed by atoms with Gasteiger partial charge in [0.1, 0.15) is 5.82 Å². The molecule has 1 aliphatic rings. The van der Waals surface area contributed by atoms with E-state index in [0.717, 1.165) is 38.2 Å². The third-order valence-electron chi connectivity index (χ3n) is 4.64. The Hall–Kier alpha value is -1.72. The highest BCUT2D eigenvalue weighted by Gasteiger charge is 2.29. The molecule has 1 aromatic carbocycles. The molecule has 2 aromatic rings. The molecule has 2 heterocycles. The van der Waals surface area contributed by atoms with Crippen LogP contribution < -0.4 is 0 Å². The molecule has 23 heavy (non-hydrogen) atoms. The van der Waals surface area contributed by atoms with Gasteiger partial charge in [-0.15, -0.1) is 0 Å². The Morgan fingerprint density at radius 2 is 2.09 bits per heavy atom. The van der Waals surface area contributed by atoms with Crippen LogP contribution in [0.5, 0.6) is 0 Å². The molecule has 1 fully saturated rings. The maximum Gasteiger partial charge on any atom is 0.123 e. The molecule has 0 unspecified atom stereocenters. The lowest BCUT2D eigenvalue weighted by atomic mass is 9.87. The van der Waals surface area contributed by atoms with E-state index in [1.807, 2.05) is 30.1 Å². The van der Waals surface area contributed by atoms with Crippen LogP contribution in [0.3, 0.4) is 0 Å². The van der Waals surface area contributed by atoms with E-state index in [0.29, 0.717) is 5.92 Å². The molecule has 2 atom stereocenters. The summed E-state index contributed by atoms with van der Waals surface area (Å²) < 4.78 is 20.7. The molecule has 4 nitrogen and oxygen atoms in total. The monoisotopic (exact) mass is 317 g/mol. The molecule has 1 aliphatic heterocycles. The van der Waals surface area contributed by atoms with E-state index in [1.165, 1.54) is 17.7 Å². The molecular formula is C18H24FN3O. The van der Waals surface area contributed by atoms with E-state index in [2.05, 4.69) is 16.1 Å². The number of hydrogen-bond acceptors (Lipinski definition) is 3. The zero-order valence-electron chi connectivity index (χ0n) is 13.8. The number of methoxy groups -OCH3 is 1. The van der Waals surface area contributed by atoms with Gasteiger partial charge in [-0.3, -0.25) is 4.90 Å². The van der Waals surface area contributed by atoms with Crippen LogP contribution in [-0.4, -0.2) is 40.8 Å². The fraction of sp³-hybridized carbons (Fsp3) is 0.500. The number of piperidine rings is 1. The van der Waals surface area contributed by atoms with Crippen LogP contribution >= 0.6 is 0 Å². The number of halogens is 1. The minimum atomic E-state index is -0.178. The highest BCUT2D eigenvalue weighted by Crippen LogP contribution is 2.25. The van der Waals surface area contributed by atoms with Crippen LogP contribution in [0.25, 0.3) is 0 Å². The highest BCUT2D eigenvalue weighted by molar-refractivity contribution is 5.17. The molecule has 0 amide bonds. The van der Waals surface area contributed by atoms with Crippen LogP contribution in [0.4, 0.5) is 4.39 Å². The molecule has 5 heteroatoms. The lowest BCUT2D eigenvalue weighted by Gasteiger charge is -2.37. The van der Waals surface area contributed by atoms with Crippen molar-refractivity contribution in [1.82, 2.24) is 14.5 Å². The summed E-state index contributed by atoms with van der Waals surface area (Å²) in [5.74, 6) is 0.299. The third-order valence-corrected chi connectivity index (χ3v) is 4.64. The number of aromatic nitrogens is 2. The predicted molar refractivity (Wildman–Crippen MR) is 87.5 cm³/mol. The van der Waals surface area contributed by atoms with E-state index in [1.54, 1.807) is 7.11 Å². The second-order valence-electron chi connectivity index (χ2n) is 6.42. The minimum absolute atomic E-state index is 0.178. The number of rotatable bonds is 5. The first-order chi connectivity index (χ1) is 11.1. The summed E-state index contributed by atoms with van der Waals surface area (Å²) in [5, 5.41) is 0. The normalized spacial score (nSPS) is 22.4. The van der Waals surface area contributed by atoms with Gasteiger partial charge in [0.15, 0.2) is 0 Å². The number of ether oxygens (including phenoxy) is 1. The Kier molecular flexibility index (Phi) is 5.08. The highest BCUT2D eigenvalue weighted by atomic mass is 19.1. The lowest BCUT2D eigenvalue weighted by Crippen LogP contribution is -2.45. The average Bonchev–Trinajstić information content (AvgIpc) is 2.96. The third kappa shape index (κ3) is 4.18. The molecule has 0 aliphatic carbocycles. The number of benzene rings is 1. The first-order valence-electron chi connectivity index (χ1n) is 8.10. The average molecular weight is 317 g/mol. The largest absolute Gasteiger partial charge is 0.380 e. The number of likely N-dealkylation sites (tertiary alicyclic amines) is 1. The van der Waals surface area contributed by atoms with Crippen LogP contribution in [0.1, 0.15) is 17.7 Å². The summed E-state index contributed by atoms with van der Waals surface area (Å²) in [6.07, 6.45) is 6.13. The fourth-order valence-corrected chi connectivity index (χ4v) is 3.37. The van der Waals surface area contributed by atoms with Crippen LogP contribution in [0, 0.1) is 11.7 Å². The van der Waals surface area contributed by atoms with Crippen molar-refractivity contribution in [2.45, 2.75) is 25.5 Å². The summed E-state index contributed by atoms with van der Waals surface area (Å²) in [6.45, 7) is 2.82. The smallest absolute Gasteiger partial charge is 0.123 e. The van der Waals surface area contributed by atoms with Gasteiger partial charge in [-0.2, -0.15) is 0 Å². The van der Waals surface area contributed by atoms with E-state index in [-0.39, 0.29) is 11.9 Å².